The minimum absolute atomic E-state index is 0.121. The van der Waals surface area contributed by atoms with Crippen LogP contribution in [0.3, 0.4) is 0 Å². The van der Waals surface area contributed by atoms with E-state index >= 15 is 0 Å². The van der Waals surface area contributed by atoms with Crippen molar-refractivity contribution >= 4 is 32.7 Å². The third-order valence-corrected chi connectivity index (χ3v) is 8.55. The fourth-order valence-electron chi connectivity index (χ4n) is 6.07. The zero-order chi connectivity index (χ0) is 28.8. The molecule has 2 heteroatoms. The standard InChI is InChI=1S/C39H42N2/c1-38(2,3)29-19-21-36-32(25-29)33-26-30(39(4,5)6)20-22-37(33)41(36)23-13-12-16-28-24-35(27-14-8-7-9-15-27)40-34-18-11-10-17-31(28)34/h7-11,14-15,17-22,24-26H,12-13,16,23H2,1-6H3. The quantitative estimate of drug-likeness (QED) is 0.193. The Kier molecular flexibility index (Phi) is 6.98. The van der Waals surface area contributed by atoms with Gasteiger partial charge in [-0.2, -0.15) is 0 Å². The molecule has 0 amide bonds. The van der Waals surface area contributed by atoms with E-state index in [1.165, 1.54) is 49.4 Å². The van der Waals surface area contributed by atoms with E-state index in [1.807, 2.05) is 0 Å². The molecule has 2 aromatic heterocycles. The molecule has 0 aliphatic heterocycles. The maximum Gasteiger partial charge on any atom is 0.0712 e. The molecule has 6 rings (SSSR count). The van der Waals surface area contributed by atoms with Gasteiger partial charge in [-0.15, -0.1) is 0 Å². The van der Waals surface area contributed by atoms with Crippen LogP contribution in [-0.4, -0.2) is 9.55 Å². The van der Waals surface area contributed by atoms with E-state index in [2.05, 4.69) is 143 Å². The first-order valence-corrected chi connectivity index (χ1v) is 15.1. The van der Waals surface area contributed by atoms with E-state index < -0.39 is 0 Å². The number of rotatable bonds is 6. The Hall–Kier alpha value is -3.91. The number of unbranched alkanes of at least 4 members (excludes halogenated alkanes) is 1. The molecule has 0 saturated carbocycles. The predicted molar refractivity (Wildman–Crippen MR) is 177 cm³/mol. The van der Waals surface area contributed by atoms with Gasteiger partial charge in [0, 0.05) is 39.3 Å². The van der Waals surface area contributed by atoms with Gasteiger partial charge in [0.15, 0.2) is 0 Å². The number of hydrogen-bond acceptors (Lipinski definition) is 1. The molecule has 2 heterocycles. The number of pyridine rings is 1. The predicted octanol–water partition coefficient (Wildman–Crippen LogP) is 10.6. The van der Waals surface area contributed by atoms with Crippen molar-refractivity contribution < 1.29 is 0 Å². The molecule has 4 aromatic carbocycles. The van der Waals surface area contributed by atoms with Crippen molar-refractivity contribution in [1.29, 1.82) is 0 Å². The molecule has 0 aliphatic carbocycles. The highest BCUT2D eigenvalue weighted by molar-refractivity contribution is 6.08. The van der Waals surface area contributed by atoms with Crippen molar-refractivity contribution in [3.63, 3.8) is 0 Å². The van der Waals surface area contributed by atoms with Gasteiger partial charge in [-0.3, -0.25) is 0 Å². The van der Waals surface area contributed by atoms with Crippen molar-refractivity contribution in [2.45, 2.75) is 78.2 Å². The van der Waals surface area contributed by atoms with Crippen LogP contribution < -0.4 is 0 Å². The zero-order valence-electron chi connectivity index (χ0n) is 25.5. The summed E-state index contributed by atoms with van der Waals surface area (Å²) in [6.07, 6.45) is 3.30. The molecule has 0 bridgehead atoms. The molecule has 0 aliphatic rings. The smallest absolute Gasteiger partial charge is 0.0712 e. The molecule has 0 saturated heterocycles. The third kappa shape index (κ3) is 5.40. The number of aromatic nitrogens is 2. The fourth-order valence-corrected chi connectivity index (χ4v) is 6.07. The Balaban J connectivity index is 1.31. The number of para-hydroxylation sites is 1. The second-order valence-corrected chi connectivity index (χ2v) is 13.6. The average molecular weight is 539 g/mol. The van der Waals surface area contributed by atoms with Crippen molar-refractivity contribution in [3.8, 4) is 11.3 Å². The lowest BCUT2D eigenvalue weighted by Crippen LogP contribution is -2.10. The van der Waals surface area contributed by atoms with Gasteiger partial charge in [0.2, 0.25) is 0 Å². The molecule has 41 heavy (non-hydrogen) atoms. The Morgan fingerprint density at radius 2 is 1.17 bits per heavy atom. The first kappa shape index (κ1) is 27.3. The van der Waals surface area contributed by atoms with Gasteiger partial charge in [-0.05, 0) is 83.2 Å². The fraction of sp³-hybridized carbons (Fsp3) is 0.308. The van der Waals surface area contributed by atoms with Crippen LogP contribution in [0.25, 0.3) is 44.0 Å². The van der Waals surface area contributed by atoms with E-state index in [0.717, 1.165) is 37.0 Å². The summed E-state index contributed by atoms with van der Waals surface area (Å²) in [6, 6.07) is 35.7. The summed E-state index contributed by atoms with van der Waals surface area (Å²) in [5.41, 5.74) is 10.4. The molecule has 0 radical (unpaired) electrons. The molecular weight excluding hydrogens is 496 g/mol. The van der Waals surface area contributed by atoms with E-state index in [4.69, 9.17) is 4.98 Å². The number of aryl methyl sites for hydroxylation is 2. The summed E-state index contributed by atoms with van der Waals surface area (Å²) in [5.74, 6) is 0. The van der Waals surface area contributed by atoms with Gasteiger partial charge in [-0.25, -0.2) is 4.98 Å². The van der Waals surface area contributed by atoms with Crippen molar-refractivity contribution in [2.75, 3.05) is 0 Å². The van der Waals surface area contributed by atoms with Crippen LogP contribution in [-0.2, 0) is 23.8 Å². The SMILES string of the molecule is CC(C)(C)c1ccc2c(c1)c1cc(C(C)(C)C)ccc1n2CCCCc1cc(-c2ccccc2)nc2ccccc12. The van der Waals surface area contributed by atoms with E-state index in [-0.39, 0.29) is 10.8 Å². The van der Waals surface area contributed by atoms with Gasteiger partial charge in [0.05, 0.1) is 11.2 Å². The highest BCUT2D eigenvalue weighted by Crippen LogP contribution is 2.36. The molecule has 0 N–H and O–H groups in total. The molecular formula is C39H42N2. The Morgan fingerprint density at radius 1 is 0.585 bits per heavy atom. The zero-order valence-corrected chi connectivity index (χ0v) is 25.5. The summed E-state index contributed by atoms with van der Waals surface area (Å²) in [5, 5.41) is 4.03. The summed E-state index contributed by atoms with van der Waals surface area (Å²) in [6.45, 7) is 14.8. The topological polar surface area (TPSA) is 17.8 Å². The van der Waals surface area contributed by atoms with Crippen molar-refractivity contribution in [1.82, 2.24) is 9.55 Å². The molecule has 0 spiro atoms. The average Bonchev–Trinajstić information content (AvgIpc) is 3.27. The normalized spacial score (nSPS) is 12.5. The number of fused-ring (bicyclic) bond motifs is 4. The van der Waals surface area contributed by atoms with E-state index in [9.17, 15) is 0 Å². The van der Waals surface area contributed by atoms with Crippen LogP contribution in [0, 0.1) is 0 Å². The number of hydrogen-bond donors (Lipinski definition) is 0. The summed E-state index contributed by atoms with van der Waals surface area (Å²) < 4.78 is 2.56. The van der Waals surface area contributed by atoms with Gasteiger partial charge < -0.3 is 4.57 Å². The first-order chi connectivity index (χ1) is 19.6. The molecule has 0 atom stereocenters. The van der Waals surface area contributed by atoms with E-state index in [1.54, 1.807) is 0 Å². The Labute approximate surface area is 245 Å². The lowest BCUT2D eigenvalue weighted by atomic mass is 9.85. The molecule has 2 nitrogen and oxygen atoms in total. The van der Waals surface area contributed by atoms with Crippen LogP contribution in [0.15, 0.2) is 97.1 Å². The highest BCUT2D eigenvalue weighted by Gasteiger charge is 2.20. The Morgan fingerprint density at radius 3 is 1.78 bits per heavy atom. The monoisotopic (exact) mass is 538 g/mol. The first-order valence-electron chi connectivity index (χ1n) is 15.1. The van der Waals surface area contributed by atoms with Crippen LogP contribution in [0.1, 0.15) is 71.1 Å². The lowest BCUT2D eigenvalue weighted by Gasteiger charge is -2.19. The number of nitrogens with zero attached hydrogens (tertiary/aromatic N) is 2. The molecule has 0 unspecified atom stereocenters. The van der Waals surface area contributed by atoms with Crippen LogP contribution in [0.4, 0.5) is 0 Å². The van der Waals surface area contributed by atoms with Crippen LogP contribution >= 0.6 is 0 Å². The summed E-state index contributed by atoms with van der Waals surface area (Å²) in [7, 11) is 0. The van der Waals surface area contributed by atoms with Gasteiger partial charge in [0.25, 0.3) is 0 Å². The summed E-state index contributed by atoms with van der Waals surface area (Å²) in [4.78, 5) is 4.99. The van der Waals surface area contributed by atoms with Crippen molar-refractivity contribution in [3.05, 3.63) is 114 Å². The minimum atomic E-state index is 0.121. The summed E-state index contributed by atoms with van der Waals surface area (Å²) >= 11 is 0. The van der Waals surface area contributed by atoms with Gasteiger partial charge >= 0.3 is 0 Å². The third-order valence-electron chi connectivity index (χ3n) is 8.55. The molecule has 6 aromatic rings. The maximum absolute atomic E-state index is 4.99. The van der Waals surface area contributed by atoms with Crippen LogP contribution in [0.2, 0.25) is 0 Å². The lowest BCUT2D eigenvalue weighted by molar-refractivity contribution is 0.590. The van der Waals surface area contributed by atoms with Crippen LogP contribution in [0.5, 0.6) is 0 Å². The highest BCUT2D eigenvalue weighted by atomic mass is 15.0. The minimum Gasteiger partial charge on any atom is -0.340 e. The second kappa shape index (κ2) is 10.5. The molecule has 208 valence electrons. The largest absolute Gasteiger partial charge is 0.340 e. The van der Waals surface area contributed by atoms with Gasteiger partial charge in [-0.1, -0.05) is 102 Å². The Bertz CT molecular complexity index is 1770. The van der Waals surface area contributed by atoms with Gasteiger partial charge in [0.1, 0.15) is 0 Å². The number of benzene rings is 4. The van der Waals surface area contributed by atoms with Crippen molar-refractivity contribution in [2.24, 2.45) is 0 Å². The van der Waals surface area contributed by atoms with E-state index in [0.29, 0.717) is 0 Å². The molecule has 0 fully saturated rings. The maximum atomic E-state index is 4.99. The second-order valence-electron chi connectivity index (χ2n) is 13.6.